The first-order chi connectivity index (χ1) is 6.75. The summed E-state index contributed by atoms with van der Waals surface area (Å²) in [6, 6.07) is 7.32. The molecule has 0 amide bonds. The lowest BCUT2D eigenvalue weighted by molar-refractivity contribution is 0.0815. The number of aliphatic hydroxyl groups is 1. The second-order valence-corrected chi connectivity index (χ2v) is 2.85. The Kier molecular flexibility index (Phi) is 4.10. The number of hydrogen-bond acceptors (Lipinski definition) is 3. The van der Waals surface area contributed by atoms with Gasteiger partial charge in [-0.3, -0.25) is 5.41 Å². The Morgan fingerprint density at radius 3 is 2.79 bits per heavy atom. The van der Waals surface area contributed by atoms with Crippen LogP contribution < -0.4 is 5.73 Å². The van der Waals surface area contributed by atoms with E-state index >= 15 is 0 Å². The van der Waals surface area contributed by atoms with Crippen molar-refractivity contribution in [1.29, 1.82) is 5.41 Å². The lowest BCUT2D eigenvalue weighted by atomic mass is 10.1. The van der Waals surface area contributed by atoms with Gasteiger partial charge in [0.05, 0.1) is 19.8 Å². The Bertz CT molecular complexity index is 313. The third kappa shape index (κ3) is 2.83. The fraction of sp³-hybridized carbons (Fsp3) is 0.300. The zero-order chi connectivity index (χ0) is 10.4. The van der Waals surface area contributed by atoms with Gasteiger partial charge in [0, 0.05) is 5.56 Å². The Hall–Kier alpha value is -1.39. The number of ether oxygens (including phenoxy) is 1. The molecule has 1 rings (SSSR count). The second-order valence-electron chi connectivity index (χ2n) is 2.85. The highest BCUT2D eigenvalue weighted by Crippen LogP contribution is 2.08. The van der Waals surface area contributed by atoms with Crippen LogP contribution in [0.3, 0.4) is 0 Å². The van der Waals surface area contributed by atoms with E-state index in [4.69, 9.17) is 21.0 Å². The summed E-state index contributed by atoms with van der Waals surface area (Å²) in [5.74, 6) is 0.0354. The van der Waals surface area contributed by atoms with Crippen molar-refractivity contribution < 1.29 is 9.84 Å². The van der Waals surface area contributed by atoms with Gasteiger partial charge in [-0.2, -0.15) is 0 Å². The quantitative estimate of drug-likeness (QED) is 0.362. The Morgan fingerprint density at radius 2 is 2.14 bits per heavy atom. The number of nitrogens with one attached hydrogen (secondary N) is 1. The smallest absolute Gasteiger partial charge is 0.123 e. The van der Waals surface area contributed by atoms with Crippen molar-refractivity contribution in [2.75, 3.05) is 13.2 Å². The van der Waals surface area contributed by atoms with Crippen LogP contribution in [0.5, 0.6) is 0 Å². The van der Waals surface area contributed by atoms with Crippen molar-refractivity contribution in [3.8, 4) is 0 Å². The molecule has 0 spiro atoms. The molecule has 0 aliphatic rings. The van der Waals surface area contributed by atoms with E-state index in [1.54, 1.807) is 6.07 Å². The molecule has 4 nitrogen and oxygen atoms in total. The van der Waals surface area contributed by atoms with Crippen molar-refractivity contribution in [3.05, 3.63) is 35.4 Å². The molecule has 0 bridgehead atoms. The van der Waals surface area contributed by atoms with Crippen LogP contribution in [0.15, 0.2) is 24.3 Å². The van der Waals surface area contributed by atoms with E-state index in [0.717, 1.165) is 5.56 Å². The molecule has 76 valence electrons. The van der Waals surface area contributed by atoms with Crippen molar-refractivity contribution in [2.45, 2.75) is 6.61 Å². The summed E-state index contributed by atoms with van der Waals surface area (Å²) in [5.41, 5.74) is 6.95. The predicted octanol–water partition coefficient (Wildman–Crippen LogP) is 0.480. The first-order valence-electron chi connectivity index (χ1n) is 4.36. The summed E-state index contributed by atoms with van der Waals surface area (Å²) in [7, 11) is 0. The minimum Gasteiger partial charge on any atom is -0.394 e. The summed E-state index contributed by atoms with van der Waals surface area (Å²) >= 11 is 0. The highest BCUT2D eigenvalue weighted by atomic mass is 16.5. The zero-order valence-corrected chi connectivity index (χ0v) is 7.86. The molecule has 0 saturated heterocycles. The van der Waals surface area contributed by atoms with Gasteiger partial charge in [-0.15, -0.1) is 0 Å². The topological polar surface area (TPSA) is 79.3 Å². The van der Waals surface area contributed by atoms with Gasteiger partial charge in [-0.25, -0.2) is 0 Å². The highest BCUT2D eigenvalue weighted by Gasteiger charge is 2.03. The van der Waals surface area contributed by atoms with E-state index in [2.05, 4.69) is 0 Å². The molecule has 0 aromatic heterocycles. The Morgan fingerprint density at radius 1 is 1.43 bits per heavy atom. The van der Waals surface area contributed by atoms with Gasteiger partial charge in [0.15, 0.2) is 0 Å². The summed E-state index contributed by atoms with van der Waals surface area (Å²) in [6.45, 7) is 0.671. The Balaban J connectivity index is 2.69. The molecule has 0 fully saturated rings. The fourth-order valence-electron chi connectivity index (χ4n) is 1.16. The van der Waals surface area contributed by atoms with E-state index < -0.39 is 0 Å². The third-order valence-electron chi connectivity index (χ3n) is 1.80. The first kappa shape index (κ1) is 10.7. The van der Waals surface area contributed by atoms with Crippen LogP contribution in [0.2, 0.25) is 0 Å². The van der Waals surface area contributed by atoms with E-state index in [1.807, 2.05) is 18.2 Å². The maximum Gasteiger partial charge on any atom is 0.123 e. The van der Waals surface area contributed by atoms with E-state index in [-0.39, 0.29) is 12.4 Å². The largest absolute Gasteiger partial charge is 0.394 e. The first-order valence-corrected chi connectivity index (χ1v) is 4.36. The lowest BCUT2D eigenvalue weighted by Gasteiger charge is -2.07. The van der Waals surface area contributed by atoms with E-state index in [1.165, 1.54) is 0 Å². The van der Waals surface area contributed by atoms with Gasteiger partial charge < -0.3 is 15.6 Å². The van der Waals surface area contributed by atoms with Crippen LogP contribution >= 0.6 is 0 Å². The monoisotopic (exact) mass is 194 g/mol. The number of rotatable bonds is 5. The Labute approximate surface area is 82.8 Å². The van der Waals surface area contributed by atoms with Crippen LogP contribution in [-0.4, -0.2) is 24.2 Å². The standard InChI is InChI=1S/C10H14N2O2/c11-10(12)9-4-2-1-3-8(9)7-14-6-5-13/h1-4,13H,5-7H2,(H3,11,12). The van der Waals surface area contributed by atoms with Crippen molar-refractivity contribution in [2.24, 2.45) is 5.73 Å². The summed E-state index contributed by atoms with van der Waals surface area (Å²) in [5, 5.41) is 15.9. The molecule has 0 heterocycles. The van der Waals surface area contributed by atoms with Crippen molar-refractivity contribution in [3.63, 3.8) is 0 Å². The van der Waals surface area contributed by atoms with Crippen LogP contribution in [0.4, 0.5) is 0 Å². The van der Waals surface area contributed by atoms with Crippen LogP contribution in [-0.2, 0) is 11.3 Å². The van der Waals surface area contributed by atoms with Gasteiger partial charge in [0.1, 0.15) is 5.84 Å². The maximum absolute atomic E-state index is 8.53. The van der Waals surface area contributed by atoms with Crippen LogP contribution in [0.25, 0.3) is 0 Å². The molecule has 14 heavy (non-hydrogen) atoms. The third-order valence-corrected chi connectivity index (χ3v) is 1.80. The van der Waals surface area contributed by atoms with Gasteiger partial charge in [0.2, 0.25) is 0 Å². The van der Waals surface area contributed by atoms with E-state index in [0.29, 0.717) is 18.8 Å². The highest BCUT2D eigenvalue weighted by molar-refractivity contribution is 5.96. The molecular weight excluding hydrogens is 180 g/mol. The van der Waals surface area contributed by atoms with E-state index in [9.17, 15) is 0 Å². The number of nitrogen functional groups attached to an aromatic ring is 1. The number of nitrogens with two attached hydrogens (primary N) is 1. The molecule has 0 unspecified atom stereocenters. The van der Waals surface area contributed by atoms with Gasteiger partial charge in [0.25, 0.3) is 0 Å². The van der Waals surface area contributed by atoms with Crippen molar-refractivity contribution in [1.82, 2.24) is 0 Å². The predicted molar refractivity (Wildman–Crippen MR) is 54.2 cm³/mol. The number of amidine groups is 1. The molecule has 0 atom stereocenters. The van der Waals surface area contributed by atoms with Crippen LogP contribution in [0.1, 0.15) is 11.1 Å². The lowest BCUT2D eigenvalue weighted by Crippen LogP contribution is -2.14. The van der Waals surface area contributed by atoms with Gasteiger partial charge in [-0.05, 0) is 5.56 Å². The molecule has 0 aliphatic heterocycles. The molecule has 4 heteroatoms. The minimum absolute atomic E-state index is 0.00222. The molecule has 1 aromatic rings. The molecule has 0 radical (unpaired) electrons. The van der Waals surface area contributed by atoms with Crippen molar-refractivity contribution >= 4 is 5.84 Å². The molecule has 0 saturated carbocycles. The fourth-order valence-corrected chi connectivity index (χ4v) is 1.16. The normalized spacial score (nSPS) is 10.1. The molecular formula is C10H14N2O2. The summed E-state index contributed by atoms with van der Waals surface area (Å²) < 4.78 is 5.16. The maximum atomic E-state index is 8.53. The number of hydrogen-bond donors (Lipinski definition) is 3. The molecule has 1 aromatic carbocycles. The number of benzene rings is 1. The average molecular weight is 194 g/mol. The second kappa shape index (κ2) is 5.36. The van der Waals surface area contributed by atoms with Gasteiger partial charge >= 0.3 is 0 Å². The zero-order valence-electron chi connectivity index (χ0n) is 7.86. The average Bonchev–Trinajstić information content (AvgIpc) is 2.19. The summed E-state index contributed by atoms with van der Waals surface area (Å²) in [6.07, 6.45) is 0. The molecule has 4 N–H and O–H groups in total. The number of aliphatic hydroxyl groups excluding tert-OH is 1. The SMILES string of the molecule is N=C(N)c1ccccc1COCCO. The minimum atomic E-state index is 0.00222. The van der Waals surface area contributed by atoms with Gasteiger partial charge in [-0.1, -0.05) is 24.3 Å². The molecule has 0 aliphatic carbocycles. The summed E-state index contributed by atoms with van der Waals surface area (Å²) in [4.78, 5) is 0. The van der Waals surface area contributed by atoms with Crippen LogP contribution in [0, 0.1) is 5.41 Å².